The Labute approximate surface area is 175 Å². The number of anilines is 1. The molecule has 4 heterocycles. The van der Waals surface area contributed by atoms with Gasteiger partial charge in [-0.05, 0) is 42.7 Å². The first-order valence-electron chi connectivity index (χ1n) is 10.6. The molecule has 2 aliphatic heterocycles. The minimum atomic E-state index is 0.300. The van der Waals surface area contributed by atoms with Gasteiger partial charge in [0.25, 0.3) is 0 Å². The average molecular weight is 400 g/mol. The Morgan fingerprint density at radius 2 is 1.87 bits per heavy atom. The summed E-state index contributed by atoms with van der Waals surface area (Å²) in [6.45, 7) is 3.86. The molecule has 3 aliphatic rings. The molecule has 3 fully saturated rings. The minimum Gasteiger partial charge on any atom is -0.481 e. The summed E-state index contributed by atoms with van der Waals surface area (Å²) in [5, 5.41) is 1.08. The van der Waals surface area contributed by atoms with Crippen molar-refractivity contribution in [2.75, 3.05) is 38.2 Å². The van der Waals surface area contributed by atoms with Gasteiger partial charge in [-0.2, -0.15) is 0 Å². The number of nitrogens with zero attached hydrogens (tertiary/aromatic N) is 4. The van der Waals surface area contributed by atoms with Gasteiger partial charge in [-0.3, -0.25) is 9.78 Å². The van der Waals surface area contributed by atoms with Gasteiger partial charge in [-0.15, -0.1) is 0 Å². The van der Waals surface area contributed by atoms with E-state index in [0.717, 1.165) is 66.7 Å². The average Bonchev–Trinajstić information content (AvgIpc) is 3.56. The van der Waals surface area contributed by atoms with Gasteiger partial charge >= 0.3 is 0 Å². The predicted octanol–water partition coefficient (Wildman–Crippen LogP) is 3.36. The van der Waals surface area contributed by atoms with Gasteiger partial charge in [0.1, 0.15) is 0 Å². The quantitative estimate of drug-likeness (QED) is 0.672. The van der Waals surface area contributed by atoms with Crippen LogP contribution in [0.1, 0.15) is 12.8 Å². The molecule has 1 saturated carbocycles. The molecule has 2 saturated heterocycles. The number of benzene rings is 1. The third kappa shape index (κ3) is 2.90. The van der Waals surface area contributed by atoms with Crippen molar-refractivity contribution in [3.8, 4) is 17.0 Å². The second kappa shape index (κ2) is 6.42. The number of carbonyl (C=O) groups excluding carboxylic acids is 1. The number of pyridine rings is 2. The molecule has 30 heavy (non-hydrogen) atoms. The molecule has 0 atom stereocenters. The highest BCUT2D eigenvalue weighted by molar-refractivity contribution is 5.85. The van der Waals surface area contributed by atoms with E-state index in [2.05, 4.69) is 38.0 Å². The summed E-state index contributed by atoms with van der Waals surface area (Å²) in [6, 6.07) is 12.4. The number of amides is 1. The standard InChI is InChI=1S/C24H24N4O2/c1-30-22-7-5-18-8-17(4-6-21(18)26-22)19-9-20(11-25-10-19)27-12-24(13-27)14-28(15-24)23(29)16-2-3-16/h4-11,16H,2-3,12-15H2,1H3. The van der Waals surface area contributed by atoms with Gasteiger partial charge in [0.15, 0.2) is 0 Å². The molecule has 1 amide bonds. The number of aromatic nitrogens is 2. The zero-order valence-electron chi connectivity index (χ0n) is 17.0. The molecule has 152 valence electrons. The first-order valence-corrected chi connectivity index (χ1v) is 10.6. The number of likely N-dealkylation sites (tertiary alicyclic amines) is 1. The number of fused-ring (bicyclic) bond motifs is 1. The highest BCUT2D eigenvalue weighted by atomic mass is 16.5. The molecule has 0 unspecified atom stereocenters. The van der Waals surface area contributed by atoms with Crippen LogP contribution in [0.4, 0.5) is 5.69 Å². The van der Waals surface area contributed by atoms with E-state index >= 15 is 0 Å². The van der Waals surface area contributed by atoms with Gasteiger partial charge in [0, 0.05) is 60.7 Å². The zero-order valence-corrected chi connectivity index (χ0v) is 17.0. The van der Waals surface area contributed by atoms with Crippen molar-refractivity contribution in [1.82, 2.24) is 14.9 Å². The molecule has 0 bridgehead atoms. The molecule has 6 heteroatoms. The largest absolute Gasteiger partial charge is 0.481 e. The fourth-order valence-corrected chi connectivity index (χ4v) is 4.81. The third-order valence-corrected chi connectivity index (χ3v) is 6.64. The monoisotopic (exact) mass is 400 g/mol. The Morgan fingerprint density at radius 3 is 2.63 bits per heavy atom. The van der Waals surface area contributed by atoms with Crippen LogP contribution in [0.5, 0.6) is 5.88 Å². The molecule has 1 aromatic carbocycles. The molecular weight excluding hydrogens is 376 g/mol. The lowest BCUT2D eigenvalue weighted by molar-refractivity contribution is -0.146. The molecule has 2 aromatic heterocycles. The lowest BCUT2D eigenvalue weighted by Gasteiger charge is -2.61. The van der Waals surface area contributed by atoms with E-state index in [1.807, 2.05) is 30.6 Å². The molecular formula is C24H24N4O2. The first-order chi connectivity index (χ1) is 14.6. The smallest absolute Gasteiger partial charge is 0.225 e. The summed E-state index contributed by atoms with van der Waals surface area (Å²) >= 11 is 0. The van der Waals surface area contributed by atoms with E-state index in [1.165, 1.54) is 0 Å². The van der Waals surface area contributed by atoms with Crippen molar-refractivity contribution in [2.24, 2.45) is 11.3 Å². The van der Waals surface area contributed by atoms with Crippen LogP contribution < -0.4 is 9.64 Å². The van der Waals surface area contributed by atoms with Gasteiger partial charge in [0.05, 0.1) is 24.5 Å². The maximum absolute atomic E-state index is 12.2. The number of ether oxygens (including phenoxy) is 1. The topological polar surface area (TPSA) is 58.6 Å². The van der Waals surface area contributed by atoms with Crippen LogP contribution in [-0.2, 0) is 4.79 Å². The highest BCUT2D eigenvalue weighted by Gasteiger charge is 2.54. The highest BCUT2D eigenvalue weighted by Crippen LogP contribution is 2.44. The SMILES string of the molecule is COc1ccc2cc(-c3cncc(N4CC5(CN(C(=O)C6CC6)C5)C4)c3)ccc2n1. The van der Waals surface area contributed by atoms with E-state index in [4.69, 9.17) is 4.74 Å². The second-order valence-electron chi connectivity index (χ2n) is 9.02. The normalized spacial score (nSPS) is 19.5. The van der Waals surface area contributed by atoms with Gasteiger partial charge in [-0.25, -0.2) is 4.98 Å². The molecule has 0 N–H and O–H groups in total. The van der Waals surface area contributed by atoms with Gasteiger partial charge < -0.3 is 14.5 Å². The summed E-state index contributed by atoms with van der Waals surface area (Å²) in [5.74, 6) is 1.34. The van der Waals surface area contributed by atoms with Crippen LogP contribution in [0.15, 0.2) is 48.8 Å². The number of methoxy groups -OCH3 is 1. The number of hydrogen-bond acceptors (Lipinski definition) is 5. The van der Waals surface area contributed by atoms with Crippen LogP contribution in [0.3, 0.4) is 0 Å². The summed E-state index contributed by atoms with van der Waals surface area (Å²) in [4.78, 5) is 25.6. The summed E-state index contributed by atoms with van der Waals surface area (Å²) in [7, 11) is 1.63. The third-order valence-electron chi connectivity index (χ3n) is 6.64. The van der Waals surface area contributed by atoms with E-state index in [0.29, 0.717) is 23.1 Å². The summed E-state index contributed by atoms with van der Waals surface area (Å²) in [6.07, 6.45) is 6.03. The predicted molar refractivity (Wildman–Crippen MR) is 115 cm³/mol. The van der Waals surface area contributed by atoms with E-state index in [9.17, 15) is 4.79 Å². The molecule has 6 nitrogen and oxygen atoms in total. The molecule has 1 spiro atoms. The van der Waals surface area contributed by atoms with Crippen molar-refractivity contribution in [3.63, 3.8) is 0 Å². The van der Waals surface area contributed by atoms with E-state index in [-0.39, 0.29) is 0 Å². The van der Waals surface area contributed by atoms with Crippen molar-refractivity contribution in [2.45, 2.75) is 12.8 Å². The van der Waals surface area contributed by atoms with Gasteiger partial charge in [0.2, 0.25) is 11.8 Å². The molecule has 1 aliphatic carbocycles. The number of carbonyl (C=O) groups is 1. The maximum atomic E-state index is 12.2. The fourth-order valence-electron chi connectivity index (χ4n) is 4.81. The Hall–Kier alpha value is -3.15. The van der Waals surface area contributed by atoms with E-state index in [1.54, 1.807) is 7.11 Å². The summed E-state index contributed by atoms with van der Waals surface area (Å²) < 4.78 is 5.21. The molecule has 6 rings (SSSR count). The Kier molecular flexibility index (Phi) is 3.79. The van der Waals surface area contributed by atoms with Crippen LogP contribution in [-0.4, -0.2) is 54.1 Å². The summed E-state index contributed by atoms with van der Waals surface area (Å²) in [5.41, 5.74) is 4.60. The van der Waals surface area contributed by atoms with Crippen molar-refractivity contribution in [3.05, 3.63) is 48.8 Å². The zero-order chi connectivity index (χ0) is 20.3. The van der Waals surface area contributed by atoms with Crippen LogP contribution in [0.25, 0.3) is 22.0 Å². The number of hydrogen-bond donors (Lipinski definition) is 0. The lowest BCUT2D eigenvalue weighted by atomic mass is 9.72. The minimum absolute atomic E-state index is 0.300. The van der Waals surface area contributed by atoms with Gasteiger partial charge in [-0.1, -0.05) is 6.07 Å². The number of rotatable bonds is 4. The van der Waals surface area contributed by atoms with Crippen molar-refractivity contribution < 1.29 is 9.53 Å². The maximum Gasteiger partial charge on any atom is 0.225 e. The van der Waals surface area contributed by atoms with Crippen molar-refractivity contribution >= 4 is 22.5 Å². The van der Waals surface area contributed by atoms with Crippen LogP contribution >= 0.6 is 0 Å². The van der Waals surface area contributed by atoms with E-state index < -0.39 is 0 Å². The molecule has 3 aromatic rings. The Balaban J connectivity index is 1.17. The lowest BCUT2D eigenvalue weighted by Crippen LogP contribution is -2.73. The van der Waals surface area contributed by atoms with Crippen molar-refractivity contribution in [1.29, 1.82) is 0 Å². The first kappa shape index (κ1) is 17.7. The second-order valence-corrected chi connectivity index (χ2v) is 9.02. The Bertz CT molecular complexity index is 1140. The van der Waals surface area contributed by atoms with Crippen LogP contribution in [0, 0.1) is 11.3 Å². The van der Waals surface area contributed by atoms with Crippen LogP contribution in [0.2, 0.25) is 0 Å². The molecule has 0 radical (unpaired) electrons. The fraction of sp³-hybridized carbons (Fsp3) is 0.375. The Morgan fingerprint density at radius 1 is 1.03 bits per heavy atom.